The Kier molecular flexibility index (Phi) is 4.02. The first kappa shape index (κ1) is 13.1. The fourth-order valence-corrected chi connectivity index (χ4v) is 2.49. The van der Waals surface area contributed by atoms with Gasteiger partial charge in [0.2, 0.25) is 0 Å². The fourth-order valence-electron chi connectivity index (χ4n) is 2.49. The average molecular weight is 247 g/mol. The quantitative estimate of drug-likeness (QED) is 0.814. The van der Waals surface area contributed by atoms with Gasteiger partial charge in [0.05, 0.1) is 17.7 Å². The molecule has 0 aliphatic heterocycles. The summed E-state index contributed by atoms with van der Waals surface area (Å²) in [4.78, 5) is 12.5. The Morgan fingerprint density at radius 3 is 2.67 bits per heavy atom. The number of carbonyl (C=O) groups is 1. The molecule has 0 atom stereocenters. The maximum atomic E-state index is 12.5. The minimum absolute atomic E-state index is 0.0340. The topological polar surface area (TPSA) is 52.3 Å². The summed E-state index contributed by atoms with van der Waals surface area (Å²) < 4.78 is 5.64. The molecule has 0 spiro atoms. The van der Waals surface area contributed by atoms with Crippen LogP contribution in [0.5, 0.6) is 5.75 Å². The van der Waals surface area contributed by atoms with Crippen LogP contribution in [-0.2, 0) is 0 Å². The second-order valence-electron chi connectivity index (χ2n) is 5.04. The zero-order chi connectivity index (χ0) is 13.0. The molecular formula is C15H21NO2. The summed E-state index contributed by atoms with van der Waals surface area (Å²) >= 11 is 0. The molecule has 0 aromatic heterocycles. The minimum Gasteiger partial charge on any atom is -0.493 e. The van der Waals surface area contributed by atoms with Gasteiger partial charge in [0.25, 0.3) is 0 Å². The van der Waals surface area contributed by atoms with Crippen molar-refractivity contribution in [1.82, 2.24) is 0 Å². The Balaban J connectivity index is 2.24. The molecular weight excluding hydrogens is 226 g/mol. The molecule has 98 valence electrons. The molecule has 1 saturated carbocycles. The first-order valence-corrected chi connectivity index (χ1v) is 6.73. The van der Waals surface area contributed by atoms with Crippen molar-refractivity contribution in [2.24, 2.45) is 5.73 Å². The summed E-state index contributed by atoms with van der Waals surface area (Å²) in [7, 11) is 0. The van der Waals surface area contributed by atoms with Crippen molar-refractivity contribution in [3.8, 4) is 5.75 Å². The van der Waals surface area contributed by atoms with Gasteiger partial charge in [0.15, 0.2) is 5.78 Å². The Morgan fingerprint density at radius 2 is 2.00 bits per heavy atom. The summed E-state index contributed by atoms with van der Waals surface area (Å²) in [6, 6.07) is 7.42. The largest absolute Gasteiger partial charge is 0.493 e. The van der Waals surface area contributed by atoms with Crippen molar-refractivity contribution in [3.05, 3.63) is 29.8 Å². The maximum Gasteiger partial charge on any atom is 0.186 e. The first-order valence-electron chi connectivity index (χ1n) is 6.73. The number of para-hydroxylation sites is 1. The van der Waals surface area contributed by atoms with Gasteiger partial charge in [-0.25, -0.2) is 0 Å². The third kappa shape index (κ3) is 2.56. The Morgan fingerprint density at radius 1 is 1.33 bits per heavy atom. The normalized spacial score (nSPS) is 17.7. The van der Waals surface area contributed by atoms with Crippen molar-refractivity contribution in [2.45, 2.75) is 44.6 Å². The number of hydrogen-bond acceptors (Lipinski definition) is 3. The number of carbonyl (C=O) groups excluding carboxylic acids is 1. The molecule has 1 aliphatic rings. The van der Waals surface area contributed by atoms with Crippen LogP contribution < -0.4 is 10.5 Å². The molecule has 0 saturated heterocycles. The highest BCUT2D eigenvalue weighted by Gasteiger charge is 2.38. The van der Waals surface area contributed by atoms with E-state index in [2.05, 4.69) is 0 Å². The third-order valence-corrected chi connectivity index (χ3v) is 3.54. The fraction of sp³-hybridized carbons (Fsp3) is 0.533. The number of benzene rings is 1. The summed E-state index contributed by atoms with van der Waals surface area (Å²) in [6.07, 6.45) is 4.58. The molecule has 0 bridgehead atoms. The highest BCUT2D eigenvalue weighted by atomic mass is 16.5. The molecule has 2 rings (SSSR count). The van der Waals surface area contributed by atoms with E-state index in [0.717, 1.165) is 32.1 Å². The predicted molar refractivity (Wildman–Crippen MR) is 71.9 cm³/mol. The number of ether oxygens (including phenoxy) is 1. The highest BCUT2D eigenvalue weighted by molar-refractivity contribution is 6.05. The molecule has 3 heteroatoms. The van der Waals surface area contributed by atoms with E-state index >= 15 is 0 Å². The van der Waals surface area contributed by atoms with Crippen LogP contribution in [0.1, 0.15) is 49.4 Å². The lowest BCUT2D eigenvalue weighted by molar-refractivity contribution is 0.0888. The monoisotopic (exact) mass is 247 g/mol. The van der Waals surface area contributed by atoms with Crippen LogP contribution in [0.2, 0.25) is 0 Å². The smallest absolute Gasteiger partial charge is 0.186 e. The summed E-state index contributed by atoms with van der Waals surface area (Å²) in [5.74, 6) is 0.702. The van der Waals surface area contributed by atoms with E-state index < -0.39 is 5.54 Å². The average Bonchev–Trinajstić information content (AvgIpc) is 2.84. The minimum atomic E-state index is -0.675. The number of hydrogen-bond donors (Lipinski definition) is 1. The van der Waals surface area contributed by atoms with Crippen LogP contribution in [0.25, 0.3) is 0 Å². The van der Waals surface area contributed by atoms with Gasteiger partial charge in [-0.15, -0.1) is 0 Å². The predicted octanol–water partition coefficient (Wildman–Crippen LogP) is 2.93. The molecule has 0 unspecified atom stereocenters. The molecule has 1 aromatic carbocycles. The third-order valence-electron chi connectivity index (χ3n) is 3.54. The van der Waals surface area contributed by atoms with Gasteiger partial charge < -0.3 is 10.5 Å². The number of ketones is 1. The van der Waals surface area contributed by atoms with E-state index in [-0.39, 0.29) is 5.78 Å². The second-order valence-corrected chi connectivity index (χ2v) is 5.04. The lowest BCUT2D eigenvalue weighted by Crippen LogP contribution is -2.45. The zero-order valence-electron chi connectivity index (χ0n) is 10.9. The van der Waals surface area contributed by atoms with E-state index in [1.807, 2.05) is 31.2 Å². The second kappa shape index (κ2) is 5.53. The van der Waals surface area contributed by atoms with E-state index in [1.165, 1.54) is 0 Å². The first-order chi connectivity index (χ1) is 8.67. The summed E-state index contributed by atoms with van der Waals surface area (Å²) in [6.45, 7) is 2.67. The van der Waals surface area contributed by atoms with E-state index in [1.54, 1.807) is 0 Å². The zero-order valence-corrected chi connectivity index (χ0v) is 10.9. The standard InChI is InChI=1S/C15H21NO2/c1-2-11-18-13-8-4-3-7-12(13)14(17)15(16)9-5-6-10-15/h3-4,7-8H,2,5-6,9-11,16H2,1H3. The van der Waals surface area contributed by atoms with Gasteiger partial charge in [-0.3, -0.25) is 4.79 Å². The highest BCUT2D eigenvalue weighted by Crippen LogP contribution is 2.33. The van der Waals surface area contributed by atoms with Crippen molar-refractivity contribution in [2.75, 3.05) is 6.61 Å². The maximum absolute atomic E-state index is 12.5. The van der Waals surface area contributed by atoms with Crippen molar-refractivity contribution < 1.29 is 9.53 Å². The molecule has 1 aromatic rings. The molecule has 0 amide bonds. The summed E-state index contributed by atoms with van der Waals surface area (Å²) in [5, 5.41) is 0. The van der Waals surface area contributed by atoms with E-state index in [9.17, 15) is 4.79 Å². The molecule has 18 heavy (non-hydrogen) atoms. The molecule has 2 N–H and O–H groups in total. The van der Waals surface area contributed by atoms with Crippen molar-refractivity contribution >= 4 is 5.78 Å². The van der Waals surface area contributed by atoms with Crippen LogP contribution in [-0.4, -0.2) is 17.9 Å². The van der Waals surface area contributed by atoms with Gasteiger partial charge >= 0.3 is 0 Å². The lowest BCUT2D eigenvalue weighted by Gasteiger charge is -2.23. The van der Waals surface area contributed by atoms with Gasteiger partial charge in [-0.2, -0.15) is 0 Å². The number of Topliss-reactive ketones (excluding diaryl/α,β-unsaturated/α-hetero) is 1. The van der Waals surface area contributed by atoms with Crippen LogP contribution in [0.15, 0.2) is 24.3 Å². The van der Waals surface area contributed by atoms with Gasteiger partial charge in [-0.1, -0.05) is 31.9 Å². The SMILES string of the molecule is CCCOc1ccccc1C(=O)C1(N)CCCC1. The van der Waals surface area contributed by atoms with Gasteiger partial charge in [0, 0.05) is 0 Å². The Bertz CT molecular complexity index is 422. The number of rotatable bonds is 5. The van der Waals surface area contributed by atoms with E-state index in [4.69, 9.17) is 10.5 Å². The molecule has 3 nitrogen and oxygen atoms in total. The van der Waals surface area contributed by atoms with Crippen molar-refractivity contribution in [3.63, 3.8) is 0 Å². The molecule has 0 radical (unpaired) electrons. The van der Waals surface area contributed by atoms with E-state index in [0.29, 0.717) is 17.9 Å². The molecule has 1 aliphatic carbocycles. The number of nitrogens with two attached hydrogens (primary N) is 1. The van der Waals surface area contributed by atoms with Crippen molar-refractivity contribution in [1.29, 1.82) is 0 Å². The van der Waals surface area contributed by atoms with Gasteiger partial charge in [0.1, 0.15) is 5.75 Å². The van der Waals surface area contributed by atoms with Crippen LogP contribution in [0.3, 0.4) is 0 Å². The van der Waals surface area contributed by atoms with Crippen LogP contribution in [0.4, 0.5) is 0 Å². The van der Waals surface area contributed by atoms with Gasteiger partial charge in [-0.05, 0) is 31.4 Å². The van der Waals surface area contributed by atoms with Crippen LogP contribution >= 0.6 is 0 Å². The summed E-state index contributed by atoms with van der Waals surface area (Å²) in [5.41, 5.74) is 6.19. The molecule has 1 fully saturated rings. The Hall–Kier alpha value is -1.35. The Labute approximate surface area is 108 Å². The lowest BCUT2D eigenvalue weighted by atomic mass is 9.88. The van der Waals surface area contributed by atoms with Crippen LogP contribution in [0, 0.1) is 0 Å². The molecule has 0 heterocycles.